The van der Waals surface area contributed by atoms with Gasteiger partial charge in [-0.05, 0) is 23.8 Å². The summed E-state index contributed by atoms with van der Waals surface area (Å²) in [7, 11) is 1.71. The summed E-state index contributed by atoms with van der Waals surface area (Å²) in [6.07, 6.45) is 2.34. The van der Waals surface area contributed by atoms with Crippen LogP contribution in [0.3, 0.4) is 0 Å². The summed E-state index contributed by atoms with van der Waals surface area (Å²) in [6, 6.07) is 5.51. The van der Waals surface area contributed by atoms with E-state index in [9.17, 15) is 4.79 Å². The van der Waals surface area contributed by atoms with E-state index in [0.29, 0.717) is 17.9 Å². The Hall–Kier alpha value is -2.17. The summed E-state index contributed by atoms with van der Waals surface area (Å²) in [5.41, 5.74) is 2.23. The highest BCUT2D eigenvalue weighted by atomic mass is 16.5. The molecule has 1 aromatic heterocycles. The van der Waals surface area contributed by atoms with E-state index < -0.39 is 0 Å². The van der Waals surface area contributed by atoms with Crippen LogP contribution in [0.25, 0.3) is 0 Å². The van der Waals surface area contributed by atoms with Crippen LogP contribution in [0.15, 0.2) is 24.4 Å². The molecule has 5 heteroatoms. The van der Waals surface area contributed by atoms with Gasteiger partial charge in [0.05, 0.1) is 12.8 Å². The van der Waals surface area contributed by atoms with Crippen LogP contribution in [0.4, 0.5) is 0 Å². The number of aryl methyl sites for hydroxylation is 1. The summed E-state index contributed by atoms with van der Waals surface area (Å²) >= 11 is 0. The van der Waals surface area contributed by atoms with Crippen molar-refractivity contribution in [3.05, 3.63) is 41.2 Å². The Kier molecular flexibility index (Phi) is 2.18. The fourth-order valence-corrected chi connectivity index (χ4v) is 1.97. The number of hydrogen-bond acceptors (Lipinski definition) is 4. The van der Waals surface area contributed by atoms with Crippen LogP contribution in [0.1, 0.15) is 21.6 Å². The smallest absolute Gasteiger partial charge is 0.212 e. The van der Waals surface area contributed by atoms with E-state index in [2.05, 4.69) is 10.3 Å². The van der Waals surface area contributed by atoms with Gasteiger partial charge in [-0.2, -0.15) is 0 Å². The summed E-state index contributed by atoms with van der Waals surface area (Å²) in [5.74, 6) is 0.817. The lowest BCUT2D eigenvalue weighted by Crippen LogP contribution is -2.08. The molecule has 17 heavy (non-hydrogen) atoms. The molecule has 5 nitrogen and oxygen atoms in total. The number of ether oxygens (including phenoxy) is 1. The molecule has 1 aliphatic rings. The van der Waals surface area contributed by atoms with E-state index in [-0.39, 0.29) is 5.78 Å². The maximum absolute atomic E-state index is 12.2. The molecule has 0 fully saturated rings. The molecule has 0 bridgehead atoms. The molecule has 0 radical (unpaired) electrons. The van der Waals surface area contributed by atoms with Crippen LogP contribution in [0, 0.1) is 0 Å². The monoisotopic (exact) mass is 229 g/mol. The van der Waals surface area contributed by atoms with Gasteiger partial charge in [0.15, 0.2) is 0 Å². The van der Waals surface area contributed by atoms with Gasteiger partial charge in [0.1, 0.15) is 11.4 Å². The second-order valence-electron chi connectivity index (χ2n) is 3.99. The van der Waals surface area contributed by atoms with Gasteiger partial charge in [-0.1, -0.05) is 5.21 Å². The topological polar surface area (TPSA) is 57.0 Å². The molecule has 0 spiro atoms. The Bertz CT molecular complexity index is 589. The number of carbonyl (C=O) groups excluding carboxylic acids is 1. The van der Waals surface area contributed by atoms with Crippen molar-refractivity contribution in [3.63, 3.8) is 0 Å². The minimum Gasteiger partial charge on any atom is -0.493 e. The molecule has 2 aromatic rings. The fourth-order valence-electron chi connectivity index (χ4n) is 1.97. The van der Waals surface area contributed by atoms with Gasteiger partial charge in [0, 0.05) is 19.0 Å². The van der Waals surface area contributed by atoms with E-state index in [1.807, 2.05) is 12.1 Å². The highest BCUT2D eigenvalue weighted by Crippen LogP contribution is 2.26. The lowest BCUT2D eigenvalue weighted by atomic mass is 10.0. The molecule has 0 amide bonds. The molecule has 0 N–H and O–H groups in total. The number of fused-ring (bicyclic) bond motifs is 1. The highest BCUT2D eigenvalue weighted by molar-refractivity contribution is 6.07. The van der Waals surface area contributed by atoms with E-state index >= 15 is 0 Å². The van der Waals surface area contributed by atoms with Crippen molar-refractivity contribution in [1.82, 2.24) is 15.0 Å². The standard InChI is InChI=1S/C12H11N3O2/c1-15-10(7-13-14-15)12(16)9-2-3-11-8(6-9)4-5-17-11/h2-3,6-7H,4-5H2,1H3. The van der Waals surface area contributed by atoms with Crippen LogP contribution >= 0.6 is 0 Å². The number of nitrogens with zero attached hydrogens (tertiary/aromatic N) is 3. The number of rotatable bonds is 2. The quantitative estimate of drug-likeness (QED) is 0.720. The number of ketones is 1. The van der Waals surface area contributed by atoms with Gasteiger partial charge in [-0.25, -0.2) is 4.68 Å². The number of aromatic nitrogens is 3. The predicted molar refractivity (Wildman–Crippen MR) is 60.1 cm³/mol. The molecule has 0 atom stereocenters. The molecule has 0 unspecified atom stereocenters. The first-order valence-corrected chi connectivity index (χ1v) is 5.41. The first-order chi connectivity index (χ1) is 8.25. The van der Waals surface area contributed by atoms with E-state index in [1.54, 1.807) is 13.1 Å². The Morgan fingerprint density at radius 2 is 2.35 bits per heavy atom. The highest BCUT2D eigenvalue weighted by Gasteiger charge is 2.18. The fraction of sp³-hybridized carbons (Fsp3) is 0.250. The molecular weight excluding hydrogens is 218 g/mol. The predicted octanol–water partition coefficient (Wildman–Crippen LogP) is 0.981. The number of benzene rings is 1. The van der Waals surface area contributed by atoms with E-state index in [4.69, 9.17) is 4.74 Å². The summed E-state index contributed by atoms with van der Waals surface area (Å²) in [6.45, 7) is 0.695. The maximum atomic E-state index is 12.2. The zero-order valence-electron chi connectivity index (χ0n) is 9.38. The minimum absolute atomic E-state index is 0.0628. The van der Waals surface area contributed by atoms with Crippen molar-refractivity contribution in [1.29, 1.82) is 0 Å². The van der Waals surface area contributed by atoms with Crippen molar-refractivity contribution in [2.75, 3.05) is 6.61 Å². The molecule has 1 aliphatic heterocycles. The lowest BCUT2D eigenvalue weighted by molar-refractivity contribution is 0.103. The van der Waals surface area contributed by atoms with Gasteiger partial charge in [-0.15, -0.1) is 5.10 Å². The molecule has 0 saturated carbocycles. The summed E-state index contributed by atoms with van der Waals surface area (Å²) in [4.78, 5) is 12.2. The maximum Gasteiger partial charge on any atom is 0.212 e. The van der Waals surface area contributed by atoms with Crippen LogP contribution < -0.4 is 4.74 Å². The summed E-state index contributed by atoms with van der Waals surface area (Å²) < 4.78 is 6.88. The van der Waals surface area contributed by atoms with Gasteiger partial charge < -0.3 is 4.74 Å². The second kappa shape index (κ2) is 3.69. The van der Waals surface area contributed by atoms with Gasteiger partial charge in [-0.3, -0.25) is 4.79 Å². The second-order valence-corrected chi connectivity index (χ2v) is 3.99. The third-order valence-electron chi connectivity index (χ3n) is 2.90. The molecule has 86 valence electrons. The average molecular weight is 229 g/mol. The zero-order chi connectivity index (χ0) is 11.8. The number of hydrogen-bond donors (Lipinski definition) is 0. The van der Waals surface area contributed by atoms with Crippen molar-refractivity contribution >= 4 is 5.78 Å². The number of carbonyl (C=O) groups is 1. The van der Waals surface area contributed by atoms with Gasteiger partial charge in [0.2, 0.25) is 5.78 Å². The molecule has 0 saturated heterocycles. The van der Waals surface area contributed by atoms with Crippen LogP contribution in [0.5, 0.6) is 5.75 Å². The van der Waals surface area contributed by atoms with E-state index in [1.165, 1.54) is 10.9 Å². The van der Waals surface area contributed by atoms with E-state index in [0.717, 1.165) is 17.7 Å². The Labute approximate surface area is 98.0 Å². The average Bonchev–Trinajstić information content (AvgIpc) is 2.95. The SMILES string of the molecule is Cn1nncc1C(=O)c1ccc2c(c1)CCO2. The molecule has 1 aromatic carbocycles. The zero-order valence-corrected chi connectivity index (χ0v) is 9.38. The van der Waals surface area contributed by atoms with Crippen molar-refractivity contribution in [2.45, 2.75) is 6.42 Å². The first kappa shape index (κ1) is 10.0. The third-order valence-corrected chi connectivity index (χ3v) is 2.90. The minimum atomic E-state index is -0.0628. The lowest BCUT2D eigenvalue weighted by Gasteiger charge is -2.03. The van der Waals surface area contributed by atoms with Crippen LogP contribution in [-0.2, 0) is 13.5 Å². The Balaban J connectivity index is 2.00. The summed E-state index contributed by atoms with van der Waals surface area (Å²) in [5, 5.41) is 7.47. The molecule has 2 heterocycles. The largest absolute Gasteiger partial charge is 0.493 e. The normalized spacial score (nSPS) is 13.2. The Morgan fingerprint density at radius 1 is 1.47 bits per heavy atom. The van der Waals surface area contributed by atoms with Crippen molar-refractivity contribution in [2.24, 2.45) is 7.05 Å². The first-order valence-electron chi connectivity index (χ1n) is 5.41. The third kappa shape index (κ3) is 1.60. The van der Waals surface area contributed by atoms with Crippen molar-refractivity contribution in [3.8, 4) is 5.75 Å². The van der Waals surface area contributed by atoms with Gasteiger partial charge >= 0.3 is 0 Å². The van der Waals surface area contributed by atoms with Crippen LogP contribution in [-0.4, -0.2) is 27.4 Å². The van der Waals surface area contributed by atoms with Crippen LogP contribution in [0.2, 0.25) is 0 Å². The Morgan fingerprint density at radius 3 is 3.12 bits per heavy atom. The van der Waals surface area contributed by atoms with Gasteiger partial charge in [0.25, 0.3) is 0 Å². The molecule has 0 aliphatic carbocycles. The van der Waals surface area contributed by atoms with Crippen molar-refractivity contribution < 1.29 is 9.53 Å². The molecular formula is C12H11N3O2. The molecule has 3 rings (SSSR count).